The number of hydrogen-bond acceptors (Lipinski definition) is 0. The zero-order valence-electron chi connectivity index (χ0n) is 31.7. The quantitative estimate of drug-likeness (QED) is 0.164. The molecule has 0 N–H and O–H groups in total. The molecule has 0 aromatic heterocycles. The van der Waals surface area contributed by atoms with Gasteiger partial charge in [0.2, 0.25) is 0 Å². The Morgan fingerprint density at radius 2 is 1.29 bits per heavy atom. The van der Waals surface area contributed by atoms with Crippen LogP contribution in [0.2, 0.25) is 9.26 Å². The first-order valence-electron chi connectivity index (χ1n) is 18.0. The van der Waals surface area contributed by atoms with Crippen LogP contribution < -0.4 is 0 Å². The van der Waals surface area contributed by atoms with Crippen molar-refractivity contribution in [1.82, 2.24) is 0 Å². The molecule has 49 heavy (non-hydrogen) atoms. The third kappa shape index (κ3) is 6.99. The molecule has 0 saturated carbocycles. The largest absolute Gasteiger partial charge is 0.147 e. The summed E-state index contributed by atoms with van der Waals surface area (Å²) in [6.07, 6.45) is 6.36. The Kier molecular flexibility index (Phi) is 11.6. The summed E-state index contributed by atoms with van der Waals surface area (Å²) in [5.74, 6) is 1.10. The van der Waals surface area contributed by atoms with Gasteiger partial charge in [0.1, 0.15) is 0 Å². The van der Waals surface area contributed by atoms with E-state index in [2.05, 4.69) is 169 Å². The maximum absolute atomic E-state index is 3.71. The molecule has 0 aliphatic heterocycles. The average Bonchev–Trinajstić information content (AvgIpc) is 3.61. The van der Waals surface area contributed by atoms with Gasteiger partial charge in [-0.3, -0.25) is 0 Å². The topological polar surface area (TPSA) is 0 Å². The van der Waals surface area contributed by atoms with Crippen molar-refractivity contribution < 1.29 is 17.4 Å². The molecule has 2 aliphatic carbocycles. The third-order valence-corrected chi connectivity index (χ3v) is 29.3. The van der Waals surface area contributed by atoms with E-state index in [9.17, 15) is 0 Å². The first-order valence-corrected chi connectivity index (χ1v) is 31.6. The number of allylic oxidation sites excluding steroid dienone is 2. The Morgan fingerprint density at radius 3 is 1.84 bits per heavy atom. The van der Waals surface area contributed by atoms with Crippen molar-refractivity contribution in [2.24, 2.45) is 5.92 Å². The predicted octanol–water partition coefficient (Wildman–Crippen LogP) is 13.6. The normalized spacial score (nSPS) is 17.8. The van der Waals surface area contributed by atoms with E-state index in [0.29, 0.717) is 19.1 Å². The van der Waals surface area contributed by atoms with Gasteiger partial charge in [0.05, 0.1) is 0 Å². The summed E-state index contributed by atoms with van der Waals surface area (Å²) in [5, 5.41) is 0. The van der Waals surface area contributed by atoms with Crippen LogP contribution in [0, 0.1) is 12.8 Å². The van der Waals surface area contributed by atoms with Gasteiger partial charge in [0.15, 0.2) is 0 Å². The van der Waals surface area contributed by atoms with Gasteiger partial charge in [0, 0.05) is 0 Å². The number of hydrogen-bond donors (Lipinski definition) is 0. The Labute approximate surface area is 312 Å². The first kappa shape index (κ1) is 39.8. The van der Waals surface area contributed by atoms with Crippen LogP contribution >= 0.6 is 24.8 Å². The molecular formula is C45H58Cl2SiZr. The second-order valence-electron chi connectivity index (χ2n) is 17.3. The molecule has 2 aliphatic rings. The molecule has 260 valence electrons. The molecule has 0 heterocycles. The van der Waals surface area contributed by atoms with Crippen molar-refractivity contribution in [3.8, 4) is 22.3 Å². The standard InChI is InChI=1S/C22H25.C21H23.2CH3.2ClH.H2Si.Zr/c1-5-16(4)17-9-11-18(12-10-17)21-8-6-7-19-13-20(15(2)3)14-22(19)21;1-14-12-19-15(2)6-11-18(20(19)13-14)16-7-9-17(10-8-16)21(3,4)5;;;;;;/h6-16H,5H2,1-4H3;6-13H,1-5H3;2*1H3;2*1H;1H2;. The van der Waals surface area contributed by atoms with Crippen molar-refractivity contribution >= 4 is 43.8 Å². The second kappa shape index (κ2) is 14.2. The summed E-state index contributed by atoms with van der Waals surface area (Å²) < 4.78 is 6.59. The fourth-order valence-corrected chi connectivity index (χ4v) is 29.7. The summed E-state index contributed by atoms with van der Waals surface area (Å²) in [6, 6.07) is 30.8. The summed E-state index contributed by atoms with van der Waals surface area (Å²) in [7, 11) is 0. The molecule has 0 amide bonds. The maximum atomic E-state index is 2.78. The minimum Gasteiger partial charge on any atom is -0.147 e. The monoisotopic (exact) mass is 786 g/mol. The van der Waals surface area contributed by atoms with Crippen LogP contribution in [-0.2, 0) is 22.8 Å². The summed E-state index contributed by atoms with van der Waals surface area (Å²) in [4.78, 5) is 0. The molecule has 6 rings (SSSR count). The molecule has 0 saturated heterocycles. The summed E-state index contributed by atoms with van der Waals surface area (Å²) in [6.45, 7) is 23.6. The summed E-state index contributed by atoms with van der Waals surface area (Å²) >= 11 is -3.71. The van der Waals surface area contributed by atoms with Gasteiger partial charge >= 0.3 is 290 Å². The molecule has 4 aromatic carbocycles. The average molecular weight is 789 g/mol. The van der Waals surface area contributed by atoms with E-state index in [1.165, 1.54) is 56.5 Å². The fraction of sp³-hybridized carbons (Fsp3) is 0.378. The van der Waals surface area contributed by atoms with Gasteiger partial charge in [-0.1, -0.05) is 0 Å². The van der Waals surface area contributed by atoms with E-state index >= 15 is 0 Å². The smallest absolute Gasteiger partial charge is 0.147 e. The van der Waals surface area contributed by atoms with Crippen molar-refractivity contribution in [2.45, 2.75) is 96.6 Å². The Balaban J connectivity index is 0.00000270. The number of benzene rings is 4. The van der Waals surface area contributed by atoms with E-state index in [1.54, 1.807) is 22.3 Å². The third-order valence-electron chi connectivity index (χ3n) is 11.7. The molecule has 3 atom stereocenters. The van der Waals surface area contributed by atoms with Crippen LogP contribution in [0.15, 0.2) is 90.0 Å². The first-order chi connectivity index (χ1) is 22.0. The van der Waals surface area contributed by atoms with E-state index < -0.39 is 17.4 Å². The molecule has 0 radical (unpaired) electrons. The molecule has 4 heteroatoms. The van der Waals surface area contributed by atoms with E-state index in [-0.39, 0.29) is 30.2 Å². The van der Waals surface area contributed by atoms with Crippen LogP contribution in [-0.4, -0.2) is 6.88 Å². The van der Waals surface area contributed by atoms with Crippen LogP contribution in [0.5, 0.6) is 0 Å². The number of rotatable bonds is 7. The van der Waals surface area contributed by atoms with Gasteiger partial charge in [-0.05, 0) is 0 Å². The van der Waals surface area contributed by atoms with E-state index in [4.69, 9.17) is 0 Å². The van der Waals surface area contributed by atoms with E-state index in [0.717, 1.165) is 0 Å². The van der Waals surface area contributed by atoms with Crippen molar-refractivity contribution in [3.63, 3.8) is 0 Å². The molecule has 0 bridgehead atoms. The summed E-state index contributed by atoms with van der Waals surface area (Å²) in [5.41, 5.74) is 19.2. The van der Waals surface area contributed by atoms with Gasteiger partial charge in [-0.2, -0.15) is 0 Å². The fourth-order valence-electron chi connectivity index (χ4n) is 9.07. The second-order valence-corrected chi connectivity index (χ2v) is 47.8. The SMILES string of the molecule is CCC(C)c1ccc(-c2cccc3c2C=C(C(C)C)[CH]3[Zr]([CH3])([CH3])(=[SiH2])[CH]2C(C)=Cc3c(-c4ccc(C(C)(C)C)cc4)ccc(C)c32)cc1.Cl.Cl. The van der Waals surface area contributed by atoms with Gasteiger partial charge in [0.25, 0.3) is 0 Å². The molecule has 0 fully saturated rings. The molecule has 4 aromatic rings. The van der Waals surface area contributed by atoms with Gasteiger partial charge in [-0.15, -0.1) is 24.8 Å². The predicted molar refractivity (Wildman–Crippen MR) is 223 cm³/mol. The molecular weight excluding hydrogens is 731 g/mol. The van der Waals surface area contributed by atoms with Crippen molar-refractivity contribution in [3.05, 3.63) is 129 Å². The van der Waals surface area contributed by atoms with Crippen molar-refractivity contribution in [1.29, 1.82) is 0 Å². The Hall–Kier alpha value is -1.96. The number of fused-ring (bicyclic) bond motifs is 2. The van der Waals surface area contributed by atoms with Crippen LogP contribution in [0.3, 0.4) is 0 Å². The molecule has 0 nitrogen and oxygen atoms in total. The minimum atomic E-state index is -3.71. The Morgan fingerprint density at radius 1 is 0.714 bits per heavy atom. The van der Waals surface area contributed by atoms with Crippen LogP contribution in [0.4, 0.5) is 0 Å². The Bertz CT molecular complexity index is 1980. The van der Waals surface area contributed by atoms with Gasteiger partial charge < -0.3 is 0 Å². The minimum absolute atomic E-state index is 0. The van der Waals surface area contributed by atoms with Gasteiger partial charge in [-0.25, -0.2) is 0 Å². The molecule has 0 spiro atoms. The van der Waals surface area contributed by atoms with Crippen molar-refractivity contribution in [2.75, 3.05) is 0 Å². The van der Waals surface area contributed by atoms with Crippen LogP contribution in [0.1, 0.15) is 114 Å². The molecule has 3 unspecified atom stereocenters. The zero-order chi connectivity index (χ0) is 34.1. The number of aryl methyl sites for hydroxylation is 1. The maximum Gasteiger partial charge on any atom is -0.147 e. The zero-order valence-corrected chi connectivity index (χ0v) is 37.2. The van der Waals surface area contributed by atoms with E-state index in [1.807, 2.05) is 0 Å². The van der Waals surface area contributed by atoms with Crippen LogP contribution in [0.25, 0.3) is 34.4 Å². The number of halogens is 2.